The second-order valence-corrected chi connectivity index (χ2v) is 3.86. The minimum atomic E-state index is -0.0768. The largest absolute Gasteiger partial charge is 0.380 e. The Kier molecular flexibility index (Phi) is 3.56. The third-order valence-electron chi connectivity index (χ3n) is 2.66. The first-order valence-corrected chi connectivity index (χ1v) is 5.72. The highest BCUT2D eigenvalue weighted by molar-refractivity contribution is 5.37. The number of nitrogens with zero attached hydrogens (tertiary/aromatic N) is 2. The van der Waals surface area contributed by atoms with Gasteiger partial charge >= 0.3 is 0 Å². The number of hydrogen-bond acceptors (Lipinski definition) is 4. The van der Waals surface area contributed by atoms with Gasteiger partial charge in [-0.2, -0.15) is 0 Å². The van der Waals surface area contributed by atoms with Gasteiger partial charge < -0.3 is 14.6 Å². The highest BCUT2D eigenvalue weighted by Gasteiger charge is 2.12. The lowest BCUT2D eigenvalue weighted by Gasteiger charge is -2.20. The highest BCUT2D eigenvalue weighted by Crippen LogP contribution is 2.10. The van der Waals surface area contributed by atoms with Crippen LogP contribution in [-0.2, 0) is 11.2 Å². The zero-order valence-electron chi connectivity index (χ0n) is 9.53. The number of hydrogen-bond donors (Lipinski definition) is 1. The number of H-pyrrole nitrogens is 1. The van der Waals surface area contributed by atoms with Crippen LogP contribution in [0.3, 0.4) is 0 Å². The summed E-state index contributed by atoms with van der Waals surface area (Å²) in [5, 5.41) is 0. The van der Waals surface area contributed by atoms with Crippen molar-refractivity contribution in [2.24, 2.45) is 0 Å². The normalized spacial score (nSPS) is 17.2. The Bertz CT molecular complexity index is 394. The van der Waals surface area contributed by atoms with Gasteiger partial charge in [0.05, 0.1) is 6.61 Å². The van der Waals surface area contributed by atoms with Gasteiger partial charge in [0, 0.05) is 32.2 Å². The second kappa shape index (κ2) is 5.12. The minimum absolute atomic E-state index is 0.0768. The van der Waals surface area contributed by atoms with Crippen LogP contribution in [0.2, 0.25) is 0 Å². The van der Waals surface area contributed by atoms with E-state index in [0.29, 0.717) is 6.61 Å². The van der Waals surface area contributed by atoms with Crippen LogP contribution in [0.25, 0.3) is 0 Å². The molecule has 1 aromatic rings. The summed E-state index contributed by atoms with van der Waals surface area (Å²) in [7, 11) is 0. The second-order valence-electron chi connectivity index (χ2n) is 3.86. The van der Waals surface area contributed by atoms with Crippen molar-refractivity contribution in [2.75, 3.05) is 31.2 Å². The fraction of sp³-hybridized carbons (Fsp3) is 0.636. The summed E-state index contributed by atoms with van der Waals surface area (Å²) >= 11 is 0. The first kappa shape index (κ1) is 11.1. The molecule has 1 aromatic heterocycles. The predicted octanol–water partition coefficient (Wildman–Crippen LogP) is 0.559. The molecule has 0 bridgehead atoms. The molecule has 0 saturated carbocycles. The lowest BCUT2D eigenvalue weighted by molar-refractivity contribution is 0.152. The molecule has 5 nitrogen and oxygen atoms in total. The molecule has 0 amide bonds. The molecule has 2 heterocycles. The number of aromatic amines is 1. The summed E-state index contributed by atoms with van der Waals surface area (Å²) < 4.78 is 5.38. The molecule has 0 radical (unpaired) electrons. The van der Waals surface area contributed by atoms with Crippen molar-refractivity contribution in [3.8, 4) is 0 Å². The molecule has 1 N–H and O–H groups in total. The molecule has 1 aliphatic rings. The van der Waals surface area contributed by atoms with Crippen LogP contribution in [0, 0.1) is 0 Å². The van der Waals surface area contributed by atoms with Crippen molar-refractivity contribution in [1.82, 2.24) is 9.97 Å². The number of aryl methyl sites for hydroxylation is 1. The molecular formula is C11H17N3O2. The maximum atomic E-state index is 11.4. The topological polar surface area (TPSA) is 58.2 Å². The molecule has 0 spiro atoms. The van der Waals surface area contributed by atoms with Crippen LogP contribution >= 0.6 is 0 Å². The fourth-order valence-corrected chi connectivity index (χ4v) is 1.80. The Morgan fingerprint density at radius 2 is 2.38 bits per heavy atom. The molecular weight excluding hydrogens is 206 g/mol. The SMILES string of the molecule is CCc1nc(N2CCCOCC2)cc(=O)[nH]1. The Morgan fingerprint density at radius 3 is 3.19 bits per heavy atom. The molecule has 88 valence electrons. The van der Waals surface area contributed by atoms with E-state index in [1.54, 1.807) is 6.07 Å². The summed E-state index contributed by atoms with van der Waals surface area (Å²) in [5.74, 6) is 1.51. The Morgan fingerprint density at radius 1 is 1.50 bits per heavy atom. The van der Waals surface area contributed by atoms with Gasteiger partial charge in [0.15, 0.2) is 0 Å². The van der Waals surface area contributed by atoms with Gasteiger partial charge in [0.25, 0.3) is 5.56 Å². The molecule has 2 rings (SSSR count). The summed E-state index contributed by atoms with van der Waals surface area (Å²) in [6.45, 7) is 5.18. The van der Waals surface area contributed by atoms with Gasteiger partial charge in [-0.3, -0.25) is 4.79 Å². The number of anilines is 1. The monoisotopic (exact) mass is 223 g/mol. The maximum absolute atomic E-state index is 11.4. The average Bonchev–Trinajstić information content (AvgIpc) is 2.56. The van der Waals surface area contributed by atoms with Crippen LogP contribution in [0.15, 0.2) is 10.9 Å². The first-order valence-electron chi connectivity index (χ1n) is 5.72. The van der Waals surface area contributed by atoms with Crippen LogP contribution in [0.1, 0.15) is 19.2 Å². The smallest absolute Gasteiger partial charge is 0.252 e. The zero-order valence-corrected chi connectivity index (χ0v) is 9.53. The summed E-state index contributed by atoms with van der Waals surface area (Å²) in [5.41, 5.74) is -0.0768. The average molecular weight is 223 g/mol. The van der Waals surface area contributed by atoms with Crippen molar-refractivity contribution in [3.63, 3.8) is 0 Å². The van der Waals surface area contributed by atoms with Crippen LogP contribution in [0.4, 0.5) is 5.82 Å². The van der Waals surface area contributed by atoms with Crippen molar-refractivity contribution in [1.29, 1.82) is 0 Å². The standard InChI is InChI=1S/C11H17N3O2/c1-2-9-12-10(8-11(15)13-9)14-4-3-6-16-7-5-14/h8H,2-7H2,1H3,(H,12,13,15). The molecule has 1 fully saturated rings. The van der Waals surface area contributed by atoms with Crippen molar-refractivity contribution in [3.05, 3.63) is 22.2 Å². The van der Waals surface area contributed by atoms with Crippen LogP contribution in [0.5, 0.6) is 0 Å². The van der Waals surface area contributed by atoms with Gasteiger partial charge in [-0.1, -0.05) is 6.92 Å². The maximum Gasteiger partial charge on any atom is 0.252 e. The predicted molar refractivity (Wildman–Crippen MR) is 61.9 cm³/mol. The van der Waals surface area contributed by atoms with E-state index in [9.17, 15) is 4.79 Å². The van der Waals surface area contributed by atoms with E-state index in [1.807, 2.05) is 6.92 Å². The Labute approximate surface area is 94.5 Å². The van der Waals surface area contributed by atoms with E-state index in [-0.39, 0.29) is 5.56 Å². The van der Waals surface area contributed by atoms with E-state index in [1.165, 1.54) is 0 Å². The number of ether oxygens (including phenoxy) is 1. The van der Waals surface area contributed by atoms with Crippen molar-refractivity contribution in [2.45, 2.75) is 19.8 Å². The third-order valence-corrected chi connectivity index (χ3v) is 2.66. The number of nitrogens with one attached hydrogen (secondary N) is 1. The van der Waals surface area contributed by atoms with E-state index in [0.717, 1.165) is 44.2 Å². The van der Waals surface area contributed by atoms with E-state index >= 15 is 0 Å². The Hall–Kier alpha value is -1.36. The lowest BCUT2D eigenvalue weighted by Crippen LogP contribution is -2.28. The molecule has 0 aliphatic carbocycles. The highest BCUT2D eigenvalue weighted by atomic mass is 16.5. The molecule has 16 heavy (non-hydrogen) atoms. The van der Waals surface area contributed by atoms with Gasteiger partial charge in [-0.05, 0) is 6.42 Å². The summed E-state index contributed by atoms with van der Waals surface area (Å²) in [6.07, 6.45) is 1.73. The molecule has 0 unspecified atom stereocenters. The molecule has 1 saturated heterocycles. The van der Waals surface area contributed by atoms with Gasteiger partial charge in [0.2, 0.25) is 0 Å². The zero-order chi connectivity index (χ0) is 11.4. The van der Waals surface area contributed by atoms with Crippen LogP contribution in [-0.4, -0.2) is 36.3 Å². The number of aromatic nitrogens is 2. The Balaban J connectivity index is 2.23. The summed E-state index contributed by atoms with van der Waals surface area (Å²) in [6, 6.07) is 1.56. The first-order chi connectivity index (χ1) is 7.79. The quantitative estimate of drug-likeness (QED) is 0.796. The lowest BCUT2D eigenvalue weighted by atomic mass is 10.3. The van der Waals surface area contributed by atoms with E-state index < -0.39 is 0 Å². The third kappa shape index (κ3) is 2.61. The van der Waals surface area contributed by atoms with Crippen molar-refractivity contribution >= 4 is 5.82 Å². The molecule has 0 atom stereocenters. The van der Waals surface area contributed by atoms with Crippen LogP contribution < -0.4 is 10.5 Å². The van der Waals surface area contributed by atoms with E-state index in [4.69, 9.17) is 4.74 Å². The van der Waals surface area contributed by atoms with Crippen molar-refractivity contribution < 1.29 is 4.74 Å². The molecule has 0 aromatic carbocycles. The molecule has 5 heteroatoms. The summed E-state index contributed by atoms with van der Waals surface area (Å²) in [4.78, 5) is 20.7. The minimum Gasteiger partial charge on any atom is -0.380 e. The van der Waals surface area contributed by atoms with Gasteiger partial charge in [-0.25, -0.2) is 4.98 Å². The molecule has 1 aliphatic heterocycles. The van der Waals surface area contributed by atoms with Gasteiger partial charge in [-0.15, -0.1) is 0 Å². The van der Waals surface area contributed by atoms with Gasteiger partial charge in [0.1, 0.15) is 11.6 Å². The van der Waals surface area contributed by atoms with E-state index in [2.05, 4.69) is 14.9 Å². The number of rotatable bonds is 2. The fourth-order valence-electron chi connectivity index (χ4n) is 1.80.